The molecule has 0 radical (unpaired) electrons. The zero-order chi connectivity index (χ0) is 15.9. The fraction of sp³-hybridized carbons (Fsp3) is 0.368. The lowest BCUT2D eigenvalue weighted by atomic mass is 10.1. The van der Waals surface area contributed by atoms with E-state index in [2.05, 4.69) is 47.8 Å². The first kappa shape index (κ1) is 16.4. The van der Waals surface area contributed by atoms with Gasteiger partial charge in [-0.1, -0.05) is 42.5 Å². The van der Waals surface area contributed by atoms with Crippen molar-refractivity contribution in [1.29, 1.82) is 0 Å². The van der Waals surface area contributed by atoms with Gasteiger partial charge < -0.3 is 14.8 Å². The van der Waals surface area contributed by atoms with Gasteiger partial charge in [0.1, 0.15) is 5.75 Å². The van der Waals surface area contributed by atoms with Gasteiger partial charge in [-0.3, -0.25) is 0 Å². The summed E-state index contributed by atoms with van der Waals surface area (Å²) in [4.78, 5) is 1.16. The van der Waals surface area contributed by atoms with Crippen molar-refractivity contribution in [2.75, 3.05) is 26.3 Å². The van der Waals surface area contributed by atoms with Crippen LogP contribution < -0.4 is 10.1 Å². The number of hydrogen-bond acceptors (Lipinski definition) is 4. The van der Waals surface area contributed by atoms with Crippen LogP contribution in [0.25, 0.3) is 0 Å². The number of nitrogens with one attached hydrogen (secondary N) is 1. The zero-order valence-corrected chi connectivity index (χ0v) is 14.2. The van der Waals surface area contributed by atoms with Gasteiger partial charge in [0.2, 0.25) is 0 Å². The third-order valence-electron chi connectivity index (χ3n) is 3.83. The van der Waals surface area contributed by atoms with E-state index in [-0.39, 0.29) is 11.4 Å². The maximum absolute atomic E-state index is 6.04. The topological polar surface area (TPSA) is 30.5 Å². The normalized spacial score (nSPS) is 19.3. The van der Waals surface area contributed by atoms with Crippen molar-refractivity contribution in [2.45, 2.75) is 23.2 Å². The Balaban J connectivity index is 1.86. The molecule has 2 aromatic rings. The highest BCUT2D eigenvalue weighted by atomic mass is 32.2. The van der Waals surface area contributed by atoms with E-state index in [4.69, 9.17) is 9.47 Å². The maximum atomic E-state index is 6.04. The summed E-state index contributed by atoms with van der Waals surface area (Å²) in [5.41, 5.74) is 1.29. The molecule has 0 amide bonds. The van der Waals surface area contributed by atoms with E-state index in [1.807, 2.05) is 30.8 Å². The summed E-state index contributed by atoms with van der Waals surface area (Å²) in [7, 11) is 0. The Kier molecular flexibility index (Phi) is 5.97. The van der Waals surface area contributed by atoms with Crippen molar-refractivity contribution in [3.8, 4) is 5.75 Å². The van der Waals surface area contributed by atoms with Crippen LogP contribution in [0.5, 0.6) is 5.75 Å². The number of thioether (sulfide) groups is 1. The van der Waals surface area contributed by atoms with Gasteiger partial charge in [-0.05, 0) is 24.6 Å². The smallest absolute Gasteiger partial charge is 0.132 e. The summed E-state index contributed by atoms with van der Waals surface area (Å²) in [6.07, 6.45) is 0.158. The van der Waals surface area contributed by atoms with E-state index in [0.29, 0.717) is 6.61 Å². The van der Waals surface area contributed by atoms with E-state index in [0.717, 1.165) is 30.3 Å². The van der Waals surface area contributed by atoms with Crippen molar-refractivity contribution in [1.82, 2.24) is 5.32 Å². The Bertz CT molecular complexity index is 599. The lowest BCUT2D eigenvalue weighted by molar-refractivity contribution is 0.0273. The predicted octanol–water partition coefficient (Wildman–Crippen LogP) is 3.91. The summed E-state index contributed by atoms with van der Waals surface area (Å²) in [6, 6.07) is 18.8. The van der Waals surface area contributed by atoms with Crippen molar-refractivity contribution < 1.29 is 9.47 Å². The van der Waals surface area contributed by atoms with Crippen LogP contribution in [0.15, 0.2) is 59.5 Å². The number of benzene rings is 2. The Morgan fingerprint density at radius 3 is 2.70 bits per heavy atom. The fourth-order valence-electron chi connectivity index (χ4n) is 2.74. The molecule has 1 aliphatic rings. The summed E-state index contributed by atoms with van der Waals surface area (Å²) < 4.78 is 11.8. The molecule has 23 heavy (non-hydrogen) atoms. The predicted molar refractivity (Wildman–Crippen MR) is 95.3 cm³/mol. The number of rotatable bonds is 6. The molecule has 2 atom stereocenters. The molecule has 0 aliphatic carbocycles. The fourth-order valence-corrected chi connectivity index (χ4v) is 4.03. The van der Waals surface area contributed by atoms with Gasteiger partial charge in [-0.15, -0.1) is 11.8 Å². The summed E-state index contributed by atoms with van der Waals surface area (Å²) in [5, 5.41) is 3.68. The molecule has 2 aromatic carbocycles. The molecule has 122 valence electrons. The van der Waals surface area contributed by atoms with E-state index >= 15 is 0 Å². The number of morpholine rings is 1. The highest BCUT2D eigenvalue weighted by molar-refractivity contribution is 7.99. The van der Waals surface area contributed by atoms with Crippen molar-refractivity contribution in [2.24, 2.45) is 0 Å². The number of hydrogen-bond donors (Lipinski definition) is 1. The molecule has 0 aromatic heterocycles. The standard InChI is InChI=1S/C19H23NO2S/c1-2-21-16-10-6-7-11-18(16)23-19(15-8-4-3-5-9-15)17-14-20-12-13-22-17/h3-11,17,19-20H,2,12-14H2,1H3/t17-,19?/m0/s1. The molecule has 1 heterocycles. The molecule has 1 aliphatic heterocycles. The van der Waals surface area contributed by atoms with Gasteiger partial charge in [0.05, 0.1) is 29.5 Å². The van der Waals surface area contributed by atoms with Gasteiger partial charge in [-0.25, -0.2) is 0 Å². The van der Waals surface area contributed by atoms with Gasteiger partial charge in [0.25, 0.3) is 0 Å². The number of ether oxygens (including phenoxy) is 2. The molecular formula is C19H23NO2S. The van der Waals surface area contributed by atoms with Crippen LogP contribution in [0.4, 0.5) is 0 Å². The van der Waals surface area contributed by atoms with Gasteiger partial charge in [-0.2, -0.15) is 0 Å². The van der Waals surface area contributed by atoms with Crippen LogP contribution >= 0.6 is 11.8 Å². The Hall–Kier alpha value is -1.49. The van der Waals surface area contributed by atoms with Gasteiger partial charge >= 0.3 is 0 Å². The molecule has 0 saturated carbocycles. The van der Waals surface area contributed by atoms with E-state index in [1.165, 1.54) is 5.56 Å². The number of para-hydroxylation sites is 1. The van der Waals surface area contributed by atoms with Crippen LogP contribution in [0.2, 0.25) is 0 Å². The molecule has 1 saturated heterocycles. The highest BCUT2D eigenvalue weighted by Gasteiger charge is 2.27. The molecule has 1 unspecified atom stereocenters. The second-order valence-electron chi connectivity index (χ2n) is 5.44. The van der Waals surface area contributed by atoms with E-state index < -0.39 is 0 Å². The zero-order valence-electron chi connectivity index (χ0n) is 13.4. The molecule has 1 N–H and O–H groups in total. The first-order chi connectivity index (χ1) is 11.4. The summed E-state index contributed by atoms with van der Waals surface area (Å²) >= 11 is 1.82. The van der Waals surface area contributed by atoms with Crippen LogP contribution in [0, 0.1) is 0 Å². The SMILES string of the molecule is CCOc1ccccc1SC(c1ccccc1)[C@@H]1CNCCO1. The average Bonchev–Trinajstić information content (AvgIpc) is 2.63. The molecule has 1 fully saturated rings. The van der Waals surface area contributed by atoms with Crippen LogP contribution in [-0.4, -0.2) is 32.4 Å². The average molecular weight is 329 g/mol. The molecular weight excluding hydrogens is 306 g/mol. The minimum absolute atomic E-state index is 0.158. The molecule has 0 spiro atoms. The Labute approximate surface area is 142 Å². The molecule has 3 rings (SSSR count). The molecule has 3 nitrogen and oxygen atoms in total. The lowest BCUT2D eigenvalue weighted by Gasteiger charge is -2.31. The molecule has 0 bridgehead atoms. The van der Waals surface area contributed by atoms with Gasteiger partial charge in [0, 0.05) is 13.1 Å². The lowest BCUT2D eigenvalue weighted by Crippen LogP contribution is -2.41. The third-order valence-corrected chi connectivity index (χ3v) is 5.25. The molecule has 4 heteroatoms. The van der Waals surface area contributed by atoms with Crippen LogP contribution in [0.1, 0.15) is 17.7 Å². The summed E-state index contributed by atoms with van der Waals surface area (Å²) in [5.74, 6) is 0.949. The van der Waals surface area contributed by atoms with E-state index in [9.17, 15) is 0 Å². The third kappa shape index (κ3) is 4.28. The second-order valence-corrected chi connectivity index (χ2v) is 6.63. The van der Waals surface area contributed by atoms with Crippen molar-refractivity contribution in [3.05, 3.63) is 60.2 Å². The van der Waals surface area contributed by atoms with Crippen molar-refractivity contribution >= 4 is 11.8 Å². The van der Waals surface area contributed by atoms with E-state index in [1.54, 1.807) is 0 Å². The van der Waals surface area contributed by atoms with Crippen molar-refractivity contribution in [3.63, 3.8) is 0 Å². The minimum atomic E-state index is 0.158. The minimum Gasteiger partial charge on any atom is -0.493 e. The second kappa shape index (κ2) is 8.39. The maximum Gasteiger partial charge on any atom is 0.132 e. The largest absolute Gasteiger partial charge is 0.493 e. The highest BCUT2D eigenvalue weighted by Crippen LogP contribution is 2.42. The Morgan fingerprint density at radius 2 is 1.96 bits per heavy atom. The quantitative estimate of drug-likeness (QED) is 0.814. The van der Waals surface area contributed by atoms with Crippen LogP contribution in [0.3, 0.4) is 0 Å². The summed E-state index contributed by atoms with van der Waals surface area (Å²) in [6.45, 7) is 5.27. The monoisotopic (exact) mass is 329 g/mol. The Morgan fingerprint density at radius 1 is 1.17 bits per heavy atom. The first-order valence-corrected chi connectivity index (χ1v) is 9.02. The van der Waals surface area contributed by atoms with Crippen LogP contribution in [-0.2, 0) is 4.74 Å². The first-order valence-electron chi connectivity index (χ1n) is 8.14. The van der Waals surface area contributed by atoms with Gasteiger partial charge in [0.15, 0.2) is 0 Å².